The van der Waals surface area contributed by atoms with Crippen LogP contribution in [0.25, 0.3) is 10.9 Å². The predicted molar refractivity (Wildman–Crippen MR) is 105 cm³/mol. The number of carbonyl (C=O) groups is 2. The maximum Gasteiger partial charge on any atom is 0.328 e. The summed E-state index contributed by atoms with van der Waals surface area (Å²) in [4.78, 5) is 29.3. The summed E-state index contributed by atoms with van der Waals surface area (Å²) < 4.78 is 4.84. The van der Waals surface area contributed by atoms with E-state index in [9.17, 15) is 9.59 Å². The minimum Gasteiger partial charge on any atom is -0.467 e. The number of nitrogens with one attached hydrogen (secondary N) is 1. The van der Waals surface area contributed by atoms with Crippen LogP contribution in [-0.2, 0) is 16.0 Å². The molecule has 0 aliphatic rings. The van der Waals surface area contributed by atoms with Crippen LogP contribution in [0.2, 0.25) is 10.0 Å². The number of hydrogen-bond donors (Lipinski definition) is 1. The Bertz CT molecular complexity index is 1000. The molecule has 138 valence electrons. The summed E-state index contributed by atoms with van der Waals surface area (Å²) in [5.74, 6) is -0.957. The molecule has 2 aromatic carbocycles. The highest BCUT2D eigenvalue weighted by Gasteiger charge is 2.24. The number of esters is 1. The lowest BCUT2D eigenvalue weighted by atomic mass is 10.0. The van der Waals surface area contributed by atoms with Crippen LogP contribution in [0.5, 0.6) is 0 Å². The fourth-order valence-electron chi connectivity index (χ4n) is 2.77. The number of rotatable bonds is 5. The maximum atomic E-state index is 12.8. The molecule has 1 atom stereocenters. The van der Waals surface area contributed by atoms with E-state index in [1.807, 2.05) is 18.2 Å². The van der Waals surface area contributed by atoms with Gasteiger partial charge in [0.1, 0.15) is 6.04 Å². The Kier molecular flexibility index (Phi) is 5.94. The molecular formula is C20H16Cl2N2O3. The van der Waals surface area contributed by atoms with Crippen LogP contribution >= 0.6 is 23.2 Å². The number of para-hydroxylation sites is 1. The van der Waals surface area contributed by atoms with E-state index in [2.05, 4.69) is 10.3 Å². The highest BCUT2D eigenvalue weighted by Crippen LogP contribution is 2.23. The predicted octanol–water partition coefficient (Wildman–Crippen LogP) is 4.06. The minimum atomic E-state index is -0.895. The standard InChI is InChI=1S/C20H16Cl2N2O3/c1-27-20(26)18(10-12-6-7-13(21)11-16(12)22)24-19(25)15-8-9-23-17-5-3-2-4-14(15)17/h2-9,11,18H,10H2,1H3,(H,24,25)/t18-/m1/s1. The van der Waals surface area contributed by atoms with Crippen molar-refractivity contribution in [1.29, 1.82) is 0 Å². The van der Waals surface area contributed by atoms with Gasteiger partial charge in [0.15, 0.2) is 0 Å². The van der Waals surface area contributed by atoms with Gasteiger partial charge < -0.3 is 10.1 Å². The number of benzene rings is 2. The van der Waals surface area contributed by atoms with Crippen molar-refractivity contribution in [3.05, 3.63) is 75.9 Å². The Labute approximate surface area is 166 Å². The second-order valence-corrected chi connectivity index (χ2v) is 6.71. The normalized spacial score (nSPS) is 11.8. The molecule has 0 bridgehead atoms. The third-order valence-corrected chi connectivity index (χ3v) is 4.71. The van der Waals surface area contributed by atoms with E-state index >= 15 is 0 Å². The molecule has 7 heteroatoms. The Hall–Kier alpha value is -2.63. The van der Waals surface area contributed by atoms with Gasteiger partial charge in [-0.3, -0.25) is 9.78 Å². The maximum absolute atomic E-state index is 12.8. The van der Waals surface area contributed by atoms with Gasteiger partial charge in [-0.25, -0.2) is 4.79 Å². The molecule has 3 rings (SSSR count). The third-order valence-electron chi connectivity index (χ3n) is 4.12. The molecular weight excluding hydrogens is 387 g/mol. The highest BCUT2D eigenvalue weighted by atomic mass is 35.5. The van der Waals surface area contributed by atoms with Gasteiger partial charge in [0, 0.05) is 28.0 Å². The number of hydrogen-bond acceptors (Lipinski definition) is 4. The summed E-state index contributed by atoms with van der Waals surface area (Å²) in [7, 11) is 1.27. The Morgan fingerprint density at radius 2 is 1.93 bits per heavy atom. The van der Waals surface area contributed by atoms with Crippen molar-refractivity contribution in [2.24, 2.45) is 0 Å². The molecule has 0 spiro atoms. The van der Waals surface area contributed by atoms with Crippen molar-refractivity contribution in [2.75, 3.05) is 7.11 Å². The largest absolute Gasteiger partial charge is 0.467 e. The first-order valence-electron chi connectivity index (χ1n) is 8.16. The second kappa shape index (κ2) is 8.37. The molecule has 1 heterocycles. The Morgan fingerprint density at radius 1 is 1.15 bits per heavy atom. The van der Waals surface area contributed by atoms with Gasteiger partial charge in [-0.05, 0) is 29.8 Å². The topological polar surface area (TPSA) is 68.3 Å². The molecule has 27 heavy (non-hydrogen) atoms. The quantitative estimate of drug-likeness (QED) is 0.653. The molecule has 1 N–H and O–H groups in total. The SMILES string of the molecule is COC(=O)[C@@H](Cc1ccc(Cl)cc1Cl)NC(=O)c1ccnc2ccccc12. The number of pyridine rings is 1. The van der Waals surface area contributed by atoms with Crippen LogP contribution < -0.4 is 5.32 Å². The molecule has 0 fully saturated rings. The van der Waals surface area contributed by atoms with Gasteiger partial charge in [0.05, 0.1) is 18.2 Å². The van der Waals surface area contributed by atoms with Crippen LogP contribution in [0.15, 0.2) is 54.7 Å². The summed E-state index contributed by atoms with van der Waals surface area (Å²) in [6, 6.07) is 13.0. The summed E-state index contributed by atoms with van der Waals surface area (Å²) in [6.07, 6.45) is 1.73. The van der Waals surface area contributed by atoms with Gasteiger partial charge >= 0.3 is 5.97 Å². The number of nitrogens with zero attached hydrogens (tertiary/aromatic N) is 1. The van der Waals surface area contributed by atoms with Gasteiger partial charge in [0.25, 0.3) is 5.91 Å². The minimum absolute atomic E-state index is 0.178. The monoisotopic (exact) mass is 402 g/mol. The van der Waals surface area contributed by atoms with E-state index in [0.29, 0.717) is 32.1 Å². The smallest absolute Gasteiger partial charge is 0.328 e. The van der Waals surface area contributed by atoms with Crippen LogP contribution in [-0.4, -0.2) is 30.0 Å². The Balaban J connectivity index is 1.88. The lowest BCUT2D eigenvalue weighted by Crippen LogP contribution is -2.43. The van der Waals surface area contributed by atoms with E-state index in [4.69, 9.17) is 27.9 Å². The summed E-state index contributed by atoms with van der Waals surface area (Å²) in [5, 5.41) is 4.34. The van der Waals surface area contributed by atoms with Crippen molar-refractivity contribution in [2.45, 2.75) is 12.5 Å². The molecule has 1 amide bonds. The lowest BCUT2D eigenvalue weighted by Gasteiger charge is -2.18. The van der Waals surface area contributed by atoms with Gasteiger partial charge in [-0.2, -0.15) is 0 Å². The first-order chi connectivity index (χ1) is 13.0. The van der Waals surface area contributed by atoms with Crippen LogP contribution in [0.1, 0.15) is 15.9 Å². The zero-order valence-corrected chi connectivity index (χ0v) is 15.9. The van der Waals surface area contributed by atoms with Gasteiger partial charge in [0.2, 0.25) is 0 Å². The van der Waals surface area contributed by atoms with Crippen molar-refractivity contribution >= 4 is 46.0 Å². The number of carbonyl (C=O) groups excluding carboxylic acids is 2. The second-order valence-electron chi connectivity index (χ2n) is 5.86. The zero-order valence-electron chi connectivity index (χ0n) is 14.4. The van der Waals surface area contributed by atoms with Crippen LogP contribution in [0, 0.1) is 0 Å². The Morgan fingerprint density at radius 3 is 2.67 bits per heavy atom. The summed E-state index contributed by atoms with van der Waals surface area (Å²) in [6.45, 7) is 0. The number of methoxy groups -OCH3 is 1. The average Bonchev–Trinajstić information content (AvgIpc) is 2.68. The fraction of sp³-hybridized carbons (Fsp3) is 0.150. The van der Waals surface area contributed by atoms with E-state index < -0.39 is 17.9 Å². The number of amides is 1. The van der Waals surface area contributed by atoms with Crippen LogP contribution in [0.3, 0.4) is 0 Å². The fourth-order valence-corrected chi connectivity index (χ4v) is 3.26. The van der Waals surface area contributed by atoms with Gasteiger partial charge in [-0.15, -0.1) is 0 Å². The number of halogens is 2. The van der Waals surface area contributed by atoms with Crippen molar-refractivity contribution in [1.82, 2.24) is 10.3 Å². The van der Waals surface area contributed by atoms with Gasteiger partial charge in [-0.1, -0.05) is 47.5 Å². The first-order valence-corrected chi connectivity index (χ1v) is 8.91. The van der Waals surface area contributed by atoms with E-state index in [-0.39, 0.29) is 6.42 Å². The molecule has 0 aliphatic heterocycles. The third kappa shape index (κ3) is 4.38. The summed E-state index contributed by atoms with van der Waals surface area (Å²) in [5.41, 5.74) is 1.80. The van der Waals surface area contributed by atoms with E-state index in [1.165, 1.54) is 7.11 Å². The van der Waals surface area contributed by atoms with Crippen molar-refractivity contribution < 1.29 is 14.3 Å². The van der Waals surface area contributed by atoms with E-state index in [0.717, 1.165) is 0 Å². The molecule has 1 aromatic heterocycles. The lowest BCUT2D eigenvalue weighted by molar-refractivity contribution is -0.142. The average molecular weight is 403 g/mol. The van der Waals surface area contributed by atoms with Crippen LogP contribution in [0.4, 0.5) is 0 Å². The molecule has 0 aliphatic carbocycles. The molecule has 3 aromatic rings. The number of ether oxygens (including phenoxy) is 1. The van der Waals surface area contributed by atoms with E-state index in [1.54, 1.807) is 36.5 Å². The number of aromatic nitrogens is 1. The molecule has 0 radical (unpaired) electrons. The van der Waals surface area contributed by atoms with Crippen molar-refractivity contribution in [3.63, 3.8) is 0 Å². The van der Waals surface area contributed by atoms with Crippen molar-refractivity contribution in [3.8, 4) is 0 Å². The molecule has 0 saturated carbocycles. The molecule has 5 nitrogen and oxygen atoms in total. The number of fused-ring (bicyclic) bond motifs is 1. The highest BCUT2D eigenvalue weighted by molar-refractivity contribution is 6.35. The summed E-state index contributed by atoms with van der Waals surface area (Å²) >= 11 is 12.1. The molecule has 0 unspecified atom stereocenters. The zero-order chi connectivity index (χ0) is 19.4. The first kappa shape index (κ1) is 19.1. The molecule has 0 saturated heterocycles.